The van der Waals surface area contributed by atoms with Crippen molar-refractivity contribution in [2.45, 2.75) is 37.6 Å². The van der Waals surface area contributed by atoms with E-state index in [0.29, 0.717) is 0 Å². The third-order valence-electron chi connectivity index (χ3n) is 2.27. The van der Waals surface area contributed by atoms with E-state index >= 15 is 0 Å². The van der Waals surface area contributed by atoms with Crippen LogP contribution >= 0.6 is 0 Å². The van der Waals surface area contributed by atoms with Crippen LogP contribution in [-0.2, 0) is 9.53 Å². The first kappa shape index (κ1) is 16.5. The first-order chi connectivity index (χ1) is 6.97. The molecular weight excluding hydrogens is 246 g/mol. The molecule has 1 rings (SSSR count). The summed E-state index contributed by atoms with van der Waals surface area (Å²) < 4.78 is 4.81. The van der Waals surface area contributed by atoms with Crippen LogP contribution in [0.4, 0.5) is 0 Å². The van der Waals surface area contributed by atoms with Crippen LogP contribution in [0.1, 0.15) is 6.92 Å². The summed E-state index contributed by atoms with van der Waals surface area (Å²) >= 11 is 0. The molecule has 0 aliphatic carbocycles. The van der Waals surface area contributed by atoms with E-state index in [1.807, 2.05) is 0 Å². The number of nitrogens with one attached hydrogen (secondary N) is 1. The van der Waals surface area contributed by atoms with Crippen LogP contribution in [0.15, 0.2) is 0 Å². The SMILES string of the molecule is CC(=O)N[C@H]1C(O)O[C@H](CO)[C@@H](O)[C@@H]1O.[Ca]. The molecule has 8 heteroatoms. The van der Waals surface area contributed by atoms with Gasteiger partial charge in [-0.1, -0.05) is 0 Å². The summed E-state index contributed by atoms with van der Waals surface area (Å²) in [6.07, 6.45) is -5.24. The van der Waals surface area contributed by atoms with Crippen LogP contribution in [0.25, 0.3) is 0 Å². The molecule has 7 nitrogen and oxygen atoms in total. The number of aliphatic hydroxyl groups is 4. The molecule has 5 atom stereocenters. The van der Waals surface area contributed by atoms with E-state index in [0.717, 1.165) is 0 Å². The fraction of sp³-hybridized carbons (Fsp3) is 0.875. The molecule has 0 aromatic carbocycles. The monoisotopic (exact) mass is 261 g/mol. The van der Waals surface area contributed by atoms with Gasteiger partial charge in [0.15, 0.2) is 6.29 Å². The molecule has 1 aliphatic rings. The van der Waals surface area contributed by atoms with Crippen LogP contribution in [0.3, 0.4) is 0 Å². The fourth-order valence-corrected chi connectivity index (χ4v) is 1.49. The Morgan fingerprint density at radius 3 is 2.31 bits per heavy atom. The molecule has 0 saturated carbocycles. The topological polar surface area (TPSA) is 119 Å². The Labute approximate surface area is 122 Å². The van der Waals surface area contributed by atoms with Crippen molar-refractivity contribution in [3.8, 4) is 0 Å². The van der Waals surface area contributed by atoms with Crippen LogP contribution < -0.4 is 5.32 Å². The predicted octanol–water partition coefficient (Wildman–Crippen LogP) is -3.46. The second-order valence-electron chi connectivity index (χ2n) is 3.46. The average molecular weight is 261 g/mol. The summed E-state index contributed by atoms with van der Waals surface area (Å²) in [5.41, 5.74) is 0. The van der Waals surface area contributed by atoms with Gasteiger partial charge in [-0.05, 0) is 0 Å². The van der Waals surface area contributed by atoms with Crippen molar-refractivity contribution in [2.75, 3.05) is 6.61 Å². The van der Waals surface area contributed by atoms with Crippen molar-refractivity contribution >= 4 is 43.6 Å². The van der Waals surface area contributed by atoms with Gasteiger partial charge in [0.05, 0.1) is 6.61 Å². The molecule has 0 spiro atoms. The Kier molecular flexibility index (Phi) is 7.31. The quantitative estimate of drug-likeness (QED) is 0.330. The molecule has 2 radical (unpaired) electrons. The molecule has 16 heavy (non-hydrogen) atoms. The number of amides is 1. The molecule has 0 bridgehead atoms. The van der Waals surface area contributed by atoms with Gasteiger partial charge < -0.3 is 30.5 Å². The second kappa shape index (κ2) is 7.07. The Hall–Kier alpha value is 0.530. The van der Waals surface area contributed by atoms with Gasteiger partial charge in [-0.3, -0.25) is 4.79 Å². The van der Waals surface area contributed by atoms with Gasteiger partial charge in [0, 0.05) is 44.7 Å². The van der Waals surface area contributed by atoms with E-state index in [1.165, 1.54) is 6.92 Å². The minimum atomic E-state index is -1.45. The van der Waals surface area contributed by atoms with Crippen molar-refractivity contribution in [1.29, 1.82) is 0 Å². The van der Waals surface area contributed by atoms with Gasteiger partial charge in [0.1, 0.15) is 24.4 Å². The summed E-state index contributed by atoms with van der Waals surface area (Å²) in [4.78, 5) is 10.7. The zero-order chi connectivity index (χ0) is 11.6. The van der Waals surface area contributed by atoms with E-state index in [9.17, 15) is 20.1 Å². The minimum absolute atomic E-state index is 0. The van der Waals surface area contributed by atoms with Crippen LogP contribution in [0.2, 0.25) is 0 Å². The normalized spacial score (nSPS) is 38.7. The fourth-order valence-electron chi connectivity index (χ4n) is 1.49. The molecule has 0 aromatic heterocycles. The summed E-state index contributed by atoms with van der Waals surface area (Å²) in [6, 6.07) is -1.10. The van der Waals surface area contributed by atoms with Gasteiger partial charge in [0.2, 0.25) is 5.91 Å². The zero-order valence-corrected chi connectivity index (χ0v) is 11.1. The average Bonchev–Trinajstić information content (AvgIpc) is 2.18. The van der Waals surface area contributed by atoms with Gasteiger partial charge in [-0.2, -0.15) is 0 Å². The number of hydrogen-bond acceptors (Lipinski definition) is 6. The number of carbonyl (C=O) groups is 1. The number of rotatable bonds is 2. The third kappa shape index (κ3) is 3.78. The Morgan fingerprint density at radius 2 is 1.88 bits per heavy atom. The van der Waals surface area contributed by atoms with E-state index < -0.39 is 43.2 Å². The molecule has 1 heterocycles. The number of hydrogen-bond donors (Lipinski definition) is 5. The Balaban J connectivity index is 0.00000225. The predicted molar refractivity (Wildman–Crippen MR) is 53.3 cm³/mol. The second-order valence-corrected chi connectivity index (χ2v) is 3.46. The number of ether oxygens (including phenoxy) is 1. The smallest absolute Gasteiger partial charge is 0.217 e. The van der Waals surface area contributed by atoms with Gasteiger partial charge in [0.25, 0.3) is 0 Å². The summed E-state index contributed by atoms with van der Waals surface area (Å²) in [6.45, 7) is 0.687. The maximum Gasteiger partial charge on any atom is 0.217 e. The van der Waals surface area contributed by atoms with E-state index in [1.54, 1.807) is 0 Å². The Bertz CT molecular complexity index is 241. The molecule has 1 saturated heterocycles. The Morgan fingerprint density at radius 1 is 1.31 bits per heavy atom. The largest absolute Gasteiger partial charge is 0.394 e. The van der Waals surface area contributed by atoms with Gasteiger partial charge in [-0.15, -0.1) is 0 Å². The van der Waals surface area contributed by atoms with E-state index in [4.69, 9.17) is 9.84 Å². The van der Waals surface area contributed by atoms with Crippen LogP contribution in [0.5, 0.6) is 0 Å². The van der Waals surface area contributed by atoms with E-state index in [2.05, 4.69) is 5.32 Å². The van der Waals surface area contributed by atoms with Crippen molar-refractivity contribution in [3.63, 3.8) is 0 Å². The summed E-state index contributed by atoms with van der Waals surface area (Å²) in [7, 11) is 0. The molecule has 1 aliphatic heterocycles. The minimum Gasteiger partial charge on any atom is -0.394 e. The first-order valence-electron chi connectivity index (χ1n) is 4.55. The zero-order valence-electron chi connectivity index (χ0n) is 8.91. The molecule has 1 unspecified atom stereocenters. The van der Waals surface area contributed by atoms with Crippen molar-refractivity contribution in [3.05, 3.63) is 0 Å². The van der Waals surface area contributed by atoms with Crippen LogP contribution in [0, 0.1) is 0 Å². The molecular formula is C8H15CaNO6. The van der Waals surface area contributed by atoms with Crippen molar-refractivity contribution in [2.24, 2.45) is 0 Å². The van der Waals surface area contributed by atoms with Crippen molar-refractivity contribution in [1.82, 2.24) is 5.32 Å². The maximum atomic E-state index is 10.7. The third-order valence-corrected chi connectivity index (χ3v) is 2.27. The molecule has 90 valence electrons. The number of aliphatic hydroxyl groups excluding tert-OH is 4. The standard InChI is InChI=1S/C8H15NO6.Ca/c1-3(11)9-5-7(13)6(12)4(2-10)15-8(5)14;/h4-8,10,12-14H,2H2,1H3,(H,9,11);/t4-,5-,6-,7-,8?;/m1./s1. The summed E-state index contributed by atoms with van der Waals surface area (Å²) in [5.74, 6) is -0.462. The van der Waals surface area contributed by atoms with Crippen LogP contribution in [-0.4, -0.2) is 101 Å². The molecule has 0 aromatic rings. The van der Waals surface area contributed by atoms with Gasteiger partial charge in [-0.25, -0.2) is 0 Å². The van der Waals surface area contributed by atoms with E-state index in [-0.39, 0.29) is 37.7 Å². The molecule has 5 N–H and O–H groups in total. The van der Waals surface area contributed by atoms with Gasteiger partial charge >= 0.3 is 0 Å². The molecule has 1 amide bonds. The maximum absolute atomic E-state index is 10.7. The number of carbonyl (C=O) groups excluding carboxylic acids is 1. The first-order valence-corrected chi connectivity index (χ1v) is 4.55. The summed E-state index contributed by atoms with van der Waals surface area (Å²) in [5, 5.41) is 39.4. The van der Waals surface area contributed by atoms with Crippen molar-refractivity contribution < 1.29 is 30.0 Å². The molecule has 1 fully saturated rings.